The number of carbonyl (C=O) groups is 1. The maximum atomic E-state index is 12.9. The number of nitrogens with one attached hydrogen (secondary N) is 1. The Labute approximate surface area is 117 Å². The molecule has 6 nitrogen and oxygen atoms in total. The van der Waals surface area contributed by atoms with Crippen molar-refractivity contribution in [2.45, 2.75) is 25.1 Å². The first kappa shape index (κ1) is 15.2. The molecule has 1 aromatic rings. The van der Waals surface area contributed by atoms with Crippen molar-refractivity contribution in [1.82, 2.24) is 0 Å². The van der Waals surface area contributed by atoms with Crippen LogP contribution in [0.15, 0.2) is 18.2 Å². The van der Waals surface area contributed by atoms with Crippen LogP contribution < -0.4 is 5.32 Å². The van der Waals surface area contributed by atoms with E-state index in [0.717, 1.165) is 12.1 Å². The molecule has 114 valence electrons. The lowest BCUT2D eigenvalue weighted by atomic mass is 10.1. The van der Waals surface area contributed by atoms with Gasteiger partial charge in [0.25, 0.3) is 11.6 Å². The van der Waals surface area contributed by atoms with Crippen LogP contribution in [-0.4, -0.2) is 23.5 Å². The van der Waals surface area contributed by atoms with Crippen molar-refractivity contribution < 1.29 is 27.6 Å². The summed E-state index contributed by atoms with van der Waals surface area (Å²) >= 11 is 0. The van der Waals surface area contributed by atoms with Crippen molar-refractivity contribution >= 4 is 17.3 Å². The van der Waals surface area contributed by atoms with Gasteiger partial charge in [-0.2, -0.15) is 13.2 Å². The Hall–Kier alpha value is -2.16. The molecule has 1 fully saturated rings. The molecule has 0 aliphatic carbocycles. The van der Waals surface area contributed by atoms with E-state index in [2.05, 4.69) is 5.32 Å². The normalized spacial score (nSPS) is 18.5. The van der Waals surface area contributed by atoms with Crippen molar-refractivity contribution in [3.63, 3.8) is 0 Å². The molecule has 2 rings (SSSR count). The molecule has 1 N–H and O–H groups in total. The maximum absolute atomic E-state index is 12.9. The molecule has 1 saturated heterocycles. The molecule has 1 atom stereocenters. The van der Waals surface area contributed by atoms with Crippen LogP contribution in [0.4, 0.5) is 24.5 Å². The zero-order chi connectivity index (χ0) is 15.6. The molecule has 0 unspecified atom stereocenters. The zero-order valence-corrected chi connectivity index (χ0v) is 10.6. The number of halogens is 3. The second-order valence-electron chi connectivity index (χ2n) is 4.48. The van der Waals surface area contributed by atoms with E-state index in [0.29, 0.717) is 25.5 Å². The predicted octanol–water partition coefficient (Wildman–Crippen LogP) is 2.73. The summed E-state index contributed by atoms with van der Waals surface area (Å²) in [6, 6.07) is 2.17. The molecular weight excluding hydrogens is 293 g/mol. The minimum Gasteiger partial charge on any atom is -0.368 e. The first-order valence-corrected chi connectivity index (χ1v) is 6.07. The predicted molar refractivity (Wildman–Crippen MR) is 65.7 cm³/mol. The van der Waals surface area contributed by atoms with Gasteiger partial charge in [0.1, 0.15) is 6.10 Å². The summed E-state index contributed by atoms with van der Waals surface area (Å²) in [5, 5.41) is 12.7. The third-order valence-corrected chi connectivity index (χ3v) is 3.00. The monoisotopic (exact) mass is 304 g/mol. The number of rotatable bonds is 3. The number of nitro benzene ring substituents is 1. The first-order chi connectivity index (χ1) is 9.79. The fourth-order valence-corrected chi connectivity index (χ4v) is 1.99. The summed E-state index contributed by atoms with van der Waals surface area (Å²) in [6.07, 6.45) is -4.52. The van der Waals surface area contributed by atoms with Crippen molar-refractivity contribution in [1.29, 1.82) is 0 Å². The van der Waals surface area contributed by atoms with Crippen LogP contribution in [0, 0.1) is 10.1 Å². The number of anilines is 1. The third-order valence-electron chi connectivity index (χ3n) is 3.00. The molecule has 21 heavy (non-hydrogen) atoms. The molecular formula is C12H11F3N2O4. The SMILES string of the molecule is O=C(Nc1ccc([N+](=O)[O-])cc1C(F)(F)F)[C@@H]1CCCO1. The van der Waals surface area contributed by atoms with Crippen LogP contribution in [0.1, 0.15) is 18.4 Å². The highest BCUT2D eigenvalue weighted by atomic mass is 19.4. The van der Waals surface area contributed by atoms with Gasteiger partial charge in [-0.15, -0.1) is 0 Å². The number of hydrogen-bond donors (Lipinski definition) is 1. The molecule has 1 aromatic carbocycles. The second kappa shape index (κ2) is 5.68. The highest BCUT2D eigenvalue weighted by Crippen LogP contribution is 2.37. The number of hydrogen-bond acceptors (Lipinski definition) is 4. The van der Waals surface area contributed by atoms with E-state index in [4.69, 9.17) is 4.74 Å². The molecule has 1 aliphatic heterocycles. The van der Waals surface area contributed by atoms with E-state index < -0.39 is 40.0 Å². The minimum atomic E-state index is -4.81. The summed E-state index contributed by atoms with van der Waals surface area (Å²) in [7, 11) is 0. The number of non-ortho nitro benzene ring substituents is 1. The largest absolute Gasteiger partial charge is 0.418 e. The molecule has 0 aromatic heterocycles. The van der Waals surface area contributed by atoms with Crippen LogP contribution in [0.2, 0.25) is 0 Å². The van der Waals surface area contributed by atoms with Gasteiger partial charge >= 0.3 is 6.18 Å². The molecule has 0 saturated carbocycles. The van der Waals surface area contributed by atoms with Crippen molar-refractivity contribution in [3.05, 3.63) is 33.9 Å². The summed E-state index contributed by atoms with van der Waals surface area (Å²) in [5.74, 6) is -0.688. The topological polar surface area (TPSA) is 81.5 Å². The lowest BCUT2D eigenvalue weighted by molar-refractivity contribution is -0.385. The van der Waals surface area contributed by atoms with E-state index in [9.17, 15) is 28.1 Å². The van der Waals surface area contributed by atoms with E-state index in [1.165, 1.54) is 0 Å². The standard InChI is InChI=1S/C12H11F3N2O4/c13-12(14,15)8-6-7(17(19)20)3-4-9(8)16-11(18)10-2-1-5-21-10/h3-4,6,10H,1-2,5H2,(H,16,18)/t10-/m0/s1. The first-order valence-electron chi connectivity index (χ1n) is 6.07. The molecule has 1 aliphatic rings. The number of carbonyl (C=O) groups excluding carboxylic acids is 1. The fourth-order valence-electron chi connectivity index (χ4n) is 1.99. The van der Waals surface area contributed by atoms with Crippen LogP contribution in [0.25, 0.3) is 0 Å². The van der Waals surface area contributed by atoms with Gasteiger partial charge in [-0.25, -0.2) is 0 Å². The van der Waals surface area contributed by atoms with Gasteiger partial charge in [0.2, 0.25) is 0 Å². The average molecular weight is 304 g/mol. The van der Waals surface area contributed by atoms with Crippen LogP contribution >= 0.6 is 0 Å². The summed E-state index contributed by atoms with van der Waals surface area (Å²) < 4.78 is 43.8. The van der Waals surface area contributed by atoms with Crippen LogP contribution in [0.3, 0.4) is 0 Å². The molecule has 1 amide bonds. The molecule has 0 radical (unpaired) electrons. The molecule has 0 bridgehead atoms. The number of alkyl halides is 3. The molecule has 9 heteroatoms. The summed E-state index contributed by atoms with van der Waals surface area (Å²) in [5.41, 5.74) is -2.48. The summed E-state index contributed by atoms with van der Waals surface area (Å²) in [6.45, 7) is 0.379. The van der Waals surface area contributed by atoms with Gasteiger partial charge in [-0.1, -0.05) is 0 Å². The Kier molecular flexibility index (Phi) is 4.12. The Balaban J connectivity index is 2.29. The Bertz CT molecular complexity index is 568. The Morgan fingerprint density at radius 2 is 2.14 bits per heavy atom. The van der Waals surface area contributed by atoms with Gasteiger partial charge in [0, 0.05) is 18.7 Å². The van der Waals surface area contributed by atoms with Gasteiger partial charge < -0.3 is 10.1 Å². The number of amides is 1. The van der Waals surface area contributed by atoms with Gasteiger partial charge in [-0.05, 0) is 18.9 Å². The third kappa shape index (κ3) is 3.48. The number of benzene rings is 1. The van der Waals surface area contributed by atoms with E-state index in [1.54, 1.807) is 0 Å². The fraction of sp³-hybridized carbons (Fsp3) is 0.417. The quantitative estimate of drug-likeness (QED) is 0.687. The number of nitrogens with zero attached hydrogens (tertiary/aromatic N) is 1. The maximum Gasteiger partial charge on any atom is 0.418 e. The zero-order valence-electron chi connectivity index (χ0n) is 10.6. The van der Waals surface area contributed by atoms with Crippen LogP contribution in [0.5, 0.6) is 0 Å². The van der Waals surface area contributed by atoms with Crippen molar-refractivity contribution in [2.75, 3.05) is 11.9 Å². The Morgan fingerprint density at radius 3 is 2.67 bits per heavy atom. The van der Waals surface area contributed by atoms with Crippen molar-refractivity contribution in [2.24, 2.45) is 0 Å². The van der Waals surface area contributed by atoms with Crippen LogP contribution in [-0.2, 0) is 15.7 Å². The highest BCUT2D eigenvalue weighted by molar-refractivity contribution is 5.95. The highest BCUT2D eigenvalue weighted by Gasteiger charge is 2.36. The van der Waals surface area contributed by atoms with Gasteiger partial charge in [-0.3, -0.25) is 14.9 Å². The second-order valence-corrected chi connectivity index (χ2v) is 4.48. The number of nitro groups is 1. The lowest BCUT2D eigenvalue weighted by Crippen LogP contribution is -2.28. The molecule has 1 heterocycles. The van der Waals surface area contributed by atoms with E-state index in [-0.39, 0.29) is 0 Å². The number of ether oxygens (including phenoxy) is 1. The lowest BCUT2D eigenvalue weighted by Gasteiger charge is -2.15. The van der Waals surface area contributed by atoms with E-state index >= 15 is 0 Å². The summed E-state index contributed by atoms with van der Waals surface area (Å²) in [4.78, 5) is 21.4. The smallest absolute Gasteiger partial charge is 0.368 e. The minimum absolute atomic E-state index is 0.379. The van der Waals surface area contributed by atoms with E-state index in [1.807, 2.05) is 0 Å². The van der Waals surface area contributed by atoms with Crippen molar-refractivity contribution in [3.8, 4) is 0 Å². The van der Waals surface area contributed by atoms with Gasteiger partial charge in [0.15, 0.2) is 0 Å². The Morgan fingerprint density at radius 1 is 1.43 bits per heavy atom. The molecule has 0 spiro atoms. The van der Waals surface area contributed by atoms with Gasteiger partial charge in [0.05, 0.1) is 16.2 Å². The average Bonchev–Trinajstić information content (AvgIpc) is 2.91.